The van der Waals surface area contributed by atoms with Gasteiger partial charge in [0.1, 0.15) is 0 Å². The zero-order valence-corrected chi connectivity index (χ0v) is 16.0. The van der Waals surface area contributed by atoms with Crippen LogP contribution in [-0.2, 0) is 9.53 Å². The second-order valence-corrected chi connectivity index (χ2v) is 5.26. The van der Waals surface area contributed by atoms with Gasteiger partial charge in [-0.05, 0) is 18.8 Å². The maximum Gasteiger partial charge on any atom is 0.305 e. The zero-order chi connectivity index (χ0) is 13.6. The van der Waals surface area contributed by atoms with E-state index in [0.717, 1.165) is 19.3 Å². The van der Waals surface area contributed by atoms with Crippen LogP contribution in [-0.4, -0.2) is 36.5 Å². The Bertz CT molecular complexity index is 195. The van der Waals surface area contributed by atoms with Crippen molar-refractivity contribution in [2.24, 2.45) is 5.92 Å². The van der Waals surface area contributed by atoms with E-state index < -0.39 is 0 Å². The monoisotopic (exact) mass is 376 g/mol. The van der Waals surface area contributed by atoms with Gasteiger partial charge in [0.05, 0.1) is 6.61 Å². The Morgan fingerprint density at radius 1 is 0.947 bits per heavy atom. The zero-order valence-electron chi connectivity index (χ0n) is 13.2. The van der Waals surface area contributed by atoms with Gasteiger partial charge >= 0.3 is 5.97 Å². The molecule has 0 aromatic heterocycles. The molecule has 0 spiro atoms. The first-order chi connectivity index (χ1) is 8.74. The molecule has 1 unspecified atom stereocenters. The standard InChI is InChI=1S/C16H32O2.Sn/c1-4-7-9-10-11-13-16(17)18-14-15(6-3)12-8-5-2;/h15H,4-14H2,1-3H3;. The van der Waals surface area contributed by atoms with Crippen molar-refractivity contribution in [1.29, 1.82) is 0 Å². The molecule has 19 heavy (non-hydrogen) atoms. The first-order valence-corrected chi connectivity index (χ1v) is 7.90. The minimum Gasteiger partial charge on any atom is -0.465 e. The smallest absolute Gasteiger partial charge is 0.305 e. The first kappa shape index (κ1) is 21.6. The Morgan fingerprint density at radius 2 is 1.58 bits per heavy atom. The van der Waals surface area contributed by atoms with Crippen molar-refractivity contribution in [2.45, 2.75) is 85.0 Å². The second kappa shape index (κ2) is 16.3. The van der Waals surface area contributed by atoms with Crippen LogP contribution in [0, 0.1) is 5.92 Å². The van der Waals surface area contributed by atoms with E-state index >= 15 is 0 Å². The van der Waals surface area contributed by atoms with Crippen molar-refractivity contribution in [3.63, 3.8) is 0 Å². The minimum absolute atomic E-state index is 0. The van der Waals surface area contributed by atoms with Gasteiger partial charge in [-0.1, -0.05) is 65.7 Å². The predicted molar refractivity (Wildman–Crippen MR) is 83.4 cm³/mol. The molecular weight excluding hydrogens is 343 g/mol. The van der Waals surface area contributed by atoms with Crippen LogP contribution in [0.3, 0.4) is 0 Å². The quantitative estimate of drug-likeness (QED) is 0.280. The summed E-state index contributed by atoms with van der Waals surface area (Å²) in [5, 5.41) is 0. The van der Waals surface area contributed by atoms with Gasteiger partial charge in [0.15, 0.2) is 0 Å². The molecule has 1 atom stereocenters. The fourth-order valence-electron chi connectivity index (χ4n) is 2.05. The van der Waals surface area contributed by atoms with Gasteiger partial charge < -0.3 is 4.74 Å². The fraction of sp³-hybridized carbons (Fsp3) is 0.938. The molecule has 0 aliphatic heterocycles. The molecule has 0 rings (SSSR count). The molecule has 3 heteroatoms. The van der Waals surface area contributed by atoms with Crippen LogP contribution in [0.5, 0.6) is 0 Å². The van der Waals surface area contributed by atoms with Gasteiger partial charge in [0.2, 0.25) is 0 Å². The van der Waals surface area contributed by atoms with Gasteiger partial charge in [-0.25, -0.2) is 0 Å². The number of hydrogen-bond acceptors (Lipinski definition) is 2. The van der Waals surface area contributed by atoms with E-state index in [4.69, 9.17) is 4.74 Å². The molecule has 0 saturated heterocycles. The second-order valence-electron chi connectivity index (χ2n) is 5.26. The minimum atomic E-state index is 0. The van der Waals surface area contributed by atoms with Crippen LogP contribution in [0.25, 0.3) is 0 Å². The van der Waals surface area contributed by atoms with E-state index in [2.05, 4.69) is 20.8 Å². The van der Waals surface area contributed by atoms with Crippen LogP contribution < -0.4 is 0 Å². The molecule has 0 saturated carbocycles. The predicted octanol–water partition coefficient (Wildman–Crippen LogP) is 4.73. The van der Waals surface area contributed by atoms with Crippen molar-refractivity contribution in [1.82, 2.24) is 0 Å². The molecule has 0 heterocycles. The number of unbranched alkanes of at least 4 members (excludes halogenated alkanes) is 5. The molecule has 0 N–H and O–H groups in total. The topological polar surface area (TPSA) is 26.3 Å². The molecule has 112 valence electrons. The number of ether oxygens (including phenoxy) is 1. The fourth-order valence-corrected chi connectivity index (χ4v) is 2.05. The molecule has 0 bridgehead atoms. The molecule has 0 aliphatic rings. The summed E-state index contributed by atoms with van der Waals surface area (Å²) in [4.78, 5) is 11.5. The van der Waals surface area contributed by atoms with E-state index in [1.54, 1.807) is 0 Å². The molecule has 0 aliphatic carbocycles. The van der Waals surface area contributed by atoms with Gasteiger partial charge in [-0.15, -0.1) is 0 Å². The maximum absolute atomic E-state index is 11.5. The van der Waals surface area contributed by atoms with Crippen LogP contribution in [0.1, 0.15) is 85.0 Å². The summed E-state index contributed by atoms with van der Waals surface area (Å²) in [6.45, 7) is 7.22. The molecular formula is C16H32O2Sn. The van der Waals surface area contributed by atoms with Crippen LogP contribution in [0.4, 0.5) is 0 Å². The van der Waals surface area contributed by atoms with E-state index in [1.807, 2.05) is 0 Å². The average molecular weight is 375 g/mol. The summed E-state index contributed by atoms with van der Waals surface area (Å²) >= 11 is 0. The Balaban J connectivity index is 0. The van der Waals surface area contributed by atoms with Crippen molar-refractivity contribution in [3.8, 4) is 0 Å². The Hall–Kier alpha value is 0.269. The van der Waals surface area contributed by atoms with Gasteiger partial charge in [0, 0.05) is 30.3 Å². The summed E-state index contributed by atoms with van der Waals surface area (Å²) in [5.74, 6) is 0.565. The summed E-state index contributed by atoms with van der Waals surface area (Å²) in [6.07, 6.45) is 11.3. The third-order valence-electron chi connectivity index (χ3n) is 3.51. The Kier molecular flexibility index (Phi) is 18.5. The summed E-state index contributed by atoms with van der Waals surface area (Å²) in [7, 11) is 0. The van der Waals surface area contributed by atoms with E-state index in [0.29, 0.717) is 18.9 Å². The number of hydrogen-bond donors (Lipinski definition) is 0. The van der Waals surface area contributed by atoms with Crippen molar-refractivity contribution in [3.05, 3.63) is 0 Å². The maximum atomic E-state index is 11.5. The SMILES string of the molecule is CCCCCCCC(=O)OCC(CC)CCCC.[Sn]. The van der Waals surface area contributed by atoms with Crippen LogP contribution in [0.15, 0.2) is 0 Å². The largest absolute Gasteiger partial charge is 0.465 e. The summed E-state index contributed by atoms with van der Waals surface area (Å²) in [6, 6.07) is 0. The molecule has 0 fully saturated rings. The van der Waals surface area contributed by atoms with E-state index in [1.165, 1.54) is 38.5 Å². The third kappa shape index (κ3) is 14.5. The van der Waals surface area contributed by atoms with Crippen molar-refractivity contribution in [2.75, 3.05) is 6.61 Å². The molecule has 0 aromatic rings. The number of carbonyl (C=O) groups excluding carboxylic acids is 1. The molecule has 0 aromatic carbocycles. The molecule has 0 amide bonds. The Morgan fingerprint density at radius 3 is 2.16 bits per heavy atom. The molecule has 4 radical (unpaired) electrons. The van der Waals surface area contributed by atoms with Gasteiger partial charge in [0.25, 0.3) is 0 Å². The summed E-state index contributed by atoms with van der Waals surface area (Å²) in [5.41, 5.74) is 0. The van der Waals surface area contributed by atoms with Crippen LogP contribution in [0.2, 0.25) is 0 Å². The van der Waals surface area contributed by atoms with Crippen molar-refractivity contribution >= 4 is 29.9 Å². The Labute approximate surface area is 137 Å². The average Bonchev–Trinajstić information content (AvgIpc) is 2.39. The van der Waals surface area contributed by atoms with Crippen molar-refractivity contribution < 1.29 is 9.53 Å². The number of rotatable bonds is 12. The first-order valence-electron chi connectivity index (χ1n) is 7.90. The number of carbonyl (C=O) groups is 1. The van der Waals surface area contributed by atoms with Gasteiger partial charge in [-0.2, -0.15) is 0 Å². The van der Waals surface area contributed by atoms with Gasteiger partial charge in [-0.3, -0.25) is 4.79 Å². The number of esters is 1. The summed E-state index contributed by atoms with van der Waals surface area (Å²) < 4.78 is 5.36. The van der Waals surface area contributed by atoms with E-state index in [9.17, 15) is 4.79 Å². The normalized spacial score (nSPS) is 11.7. The third-order valence-corrected chi connectivity index (χ3v) is 3.51. The van der Waals surface area contributed by atoms with Crippen LogP contribution >= 0.6 is 0 Å². The molecule has 2 nitrogen and oxygen atoms in total. The van der Waals surface area contributed by atoms with E-state index in [-0.39, 0.29) is 29.9 Å².